The van der Waals surface area contributed by atoms with Gasteiger partial charge in [-0.15, -0.1) is 11.8 Å². The van der Waals surface area contributed by atoms with Crippen LogP contribution in [0.1, 0.15) is 10.8 Å². The van der Waals surface area contributed by atoms with Crippen molar-refractivity contribution < 1.29 is 19.1 Å². The molecule has 0 spiro atoms. The molecule has 0 unspecified atom stereocenters. The topological polar surface area (TPSA) is 76.7 Å². The first kappa shape index (κ1) is 19.8. The van der Waals surface area contributed by atoms with E-state index >= 15 is 0 Å². The lowest BCUT2D eigenvalue weighted by atomic mass is 10.1. The number of benzene rings is 3. The third-order valence-electron chi connectivity index (χ3n) is 4.45. The van der Waals surface area contributed by atoms with E-state index in [-0.39, 0.29) is 12.5 Å². The molecule has 1 heterocycles. The lowest BCUT2D eigenvalue weighted by molar-refractivity contribution is -0.135. The van der Waals surface area contributed by atoms with Gasteiger partial charge >= 0.3 is 0 Å². The number of para-hydroxylation sites is 2. The van der Waals surface area contributed by atoms with Crippen LogP contribution in [0.25, 0.3) is 0 Å². The summed E-state index contributed by atoms with van der Waals surface area (Å²) >= 11 is 1.41. The summed E-state index contributed by atoms with van der Waals surface area (Å²) in [5, 5.41) is -0.529. The van der Waals surface area contributed by atoms with Crippen molar-refractivity contribution in [3.05, 3.63) is 90.5 Å². The van der Waals surface area contributed by atoms with Gasteiger partial charge in [0.2, 0.25) is 6.10 Å². The molecule has 0 aliphatic carbocycles. The number of amides is 2. The van der Waals surface area contributed by atoms with Gasteiger partial charge in [0.15, 0.2) is 11.5 Å². The van der Waals surface area contributed by atoms with E-state index in [9.17, 15) is 9.59 Å². The number of hydrogen-bond acceptors (Lipinski definition) is 5. The first-order chi connectivity index (χ1) is 14.7. The molecule has 0 saturated heterocycles. The second-order valence-corrected chi connectivity index (χ2v) is 7.74. The Hall–Kier alpha value is -3.45. The first-order valence-electron chi connectivity index (χ1n) is 9.45. The molecule has 2 amide bonds. The fourth-order valence-electron chi connectivity index (χ4n) is 2.95. The molecule has 0 bridgehead atoms. The summed E-state index contributed by atoms with van der Waals surface area (Å²) in [6.07, 6.45) is -0.850. The molecule has 30 heavy (non-hydrogen) atoms. The molecule has 0 aromatic heterocycles. The van der Waals surface area contributed by atoms with Crippen LogP contribution in [-0.2, 0) is 9.59 Å². The van der Waals surface area contributed by atoms with Gasteiger partial charge in [-0.25, -0.2) is 0 Å². The highest BCUT2D eigenvalue weighted by Gasteiger charge is 2.29. The van der Waals surface area contributed by atoms with Crippen molar-refractivity contribution in [2.24, 2.45) is 0 Å². The van der Waals surface area contributed by atoms with Crippen LogP contribution in [-0.4, -0.2) is 24.5 Å². The molecule has 1 aliphatic heterocycles. The molecule has 4 rings (SSSR count). The molecule has 0 radical (unpaired) electrons. The molecule has 2 N–H and O–H groups in total. The number of ether oxygens (including phenoxy) is 2. The van der Waals surface area contributed by atoms with Crippen LogP contribution in [0.2, 0.25) is 0 Å². The van der Waals surface area contributed by atoms with Crippen molar-refractivity contribution in [1.82, 2.24) is 10.9 Å². The van der Waals surface area contributed by atoms with E-state index in [1.807, 2.05) is 66.7 Å². The Bertz CT molecular complexity index is 1010. The predicted octanol–water partition coefficient (Wildman–Crippen LogP) is 3.51. The van der Waals surface area contributed by atoms with Gasteiger partial charge in [0.25, 0.3) is 11.8 Å². The van der Waals surface area contributed by atoms with Gasteiger partial charge in [0, 0.05) is 4.90 Å². The van der Waals surface area contributed by atoms with Crippen LogP contribution in [0.5, 0.6) is 11.5 Å². The number of thioether (sulfide) groups is 1. The minimum absolute atomic E-state index is 0.0690. The van der Waals surface area contributed by atoms with E-state index in [0.29, 0.717) is 11.5 Å². The van der Waals surface area contributed by atoms with Gasteiger partial charge in [0.1, 0.15) is 11.9 Å². The number of hydrogen-bond donors (Lipinski definition) is 2. The van der Waals surface area contributed by atoms with Crippen molar-refractivity contribution in [3.8, 4) is 11.5 Å². The fraction of sp³-hybridized carbons (Fsp3) is 0.130. The predicted molar refractivity (Wildman–Crippen MR) is 114 cm³/mol. The second-order valence-electron chi connectivity index (χ2n) is 6.56. The Labute approximate surface area is 178 Å². The van der Waals surface area contributed by atoms with E-state index in [0.717, 1.165) is 10.5 Å². The number of carbonyl (C=O) groups excluding carboxylic acids is 2. The Balaban J connectivity index is 1.41. The summed E-state index contributed by atoms with van der Waals surface area (Å²) < 4.78 is 11.2. The maximum Gasteiger partial charge on any atom is 0.283 e. The first-order valence-corrected chi connectivity index (χ1v) is 10.3. The molecule has 3 aromatic carbocycles. The van der Waals surface area contributed by atoms with E-state index in [1.54, 1.807) is 18.2 Å². The average molecular weight is 420 g/mol. The Morgan fingerprint density at radius 3 is 2.20 bits per heavy atom. The molecular formula is C23H20N2O4S. The van der Waals surface area contributed by atoms with Crippen LogP contribution in [0.15, 0.2) is 89.8 Å². The van der Waals surface area contributed by atoms with Crippen LogP contribution >= 0.6 is 11.8 Å². The summed E-state index contributed by atoms with van der Waals surface area (Å²) in [6, 6.07) is 26.2. The standard InChI is InChI=1S/C23H20N2O4S/c26-22(20-15-28-18-13-7-8-14-19(18)29-20)24-25-23(27)21(16-9-3-1-4-10-16)30-17-11-5-2-6-12-17/h1-14,20-21H,15H2,(H,24,26)(H,25,27)/t20-,21+/m1/s1. The smallest absolute Gasteiger partial charge is 0.283 e. The maximum atomic E-state index is 12.9. The lowest BCUT2D eigenvalue weighted by Crippen LogP contribution is -2.51. The zero-order valence-electron chi connectivity index (χ0n) is 16.0. The number of carbonyl (C=O) groups is 2. The van der Waals surface area contributed by atoms with Crippen LogP contribution in [0, 0.1) is 0 Å². The third kappa shape index (κ3) is 4.75. The van der Waals surface area contributed by atoms with Crippen molar-refractivity contribution in [1.29, 1.82) is 0 Å². The minimum Gasteiger partial charge on any atom is -0.485 e. The summed E-state index contributed by atoms with van der Waals surface area (Å²) in [7, 11) is 0. The minimum atomic E-state index is -0.850. The number of rotatable bonds is 5. The SMILES string of the molecule is O=C(NNC(=O)[C@H]1COc2ccccc2O1)[C@@H](Sc1ccccc1)c1ccccc1. The number of nitrogens with one attached hydrogen (secondary N) is 2. The highest BCUT2D eigenvalue weighted by Crippen LogP contribution is 2.35. The summed E-state index contributed by atoms with van der Waals surface area (Å²) in [5.74, 6) is 0.279. The largest absolute Gasteiger partial charge is 0.485 e. The normalized spacial score (nSPS) is 15.7. The lowest BCUT2D eigenvalue weighted by Gasteiger charge is -2.26. The fourth-order valence-corrected chi connectivity index (χ4v) is 4.00. The zero-order chi connectivity index (χ0) is 20.8. The van der Waals surface area contributed by atoms with Crippen LogP contribution in [0.3, 0.4) is 0 Å². The van der Waals surface area contributed by atoms with E-state index in [2.05, 4.69) is 10.9 Å². The highest BCUT2D eigenvalue weighted by atomic mass is 32.2. The molecule has 3 aromatic rings. The molecular weight excluding hydrogens is 400 g/mol. The molecule has 1 aliphatic rings. The van der Waals surface area contributed by atoms with Crippen molar-refractivity contribution in [2.45, 2.75) is 16.2 Å². The monoisotopic (exact) mass is 420 g/mol. The summed E-state index contributed by atoms with van der Waals surface area (Å²) in [4.78, 5) is 26.4. The quantitative estimate of drug-likeness (QED) is 0.488. The number of fused-ring (bicyclic) bond motifs is 1. The highest BCUT2D eigenvalue weighted by molar-refractivity contribution is 8.00. The van der Waals surface area contributed by atoms with Crippen LogP contribution in [0.4, 0.5) is 0 Å². The number of hydrazine groups is 1. The molecule has 0 saturated carbocycles. The van der Waals surface area contributed by atoms with Crippen molar-refractivity contribution in [2.75, 3.05) is 6.61 Å². The molecule has 0 fully saturated rings. The van der Waals surface area contributed by atoms with Gasteiger partial charge in [-0.3, -0.25) is 20.4 Å². The molecule has 152 valence electrons. The molecule has 7 heteroatoms. The summed E-state index contributed by atoms with van der Waals surface area (Å²) in [5.41, 5.74) is 5.83. The van der Waals surface area contributed by atoms with Gasteiger partial charge in [-0.05, 0) is 29.8 Å². The molecule has 6 nitrogen and oxygen atoms in total. The van der Waals surface area contributed by atoms with E-state index < -0.39 is 17.3 Å². The van der Waals surface area contributed by atoms with Gasteiger partial charge < -0.3 is 9.47 Å². The van der Waals surface area contributed by atoms with Crippen molar-refractivity contribution >= 4 is 23.6 Å². The summed E-state index contributed by atoms with van der Waals surface area (Å²) in [6.45, 7) is 0.0690. The second kappa shape index (κ2) is 9.37. The Morgan fingerprint density at radius 2 is 1.47 bits per heavy atom. The van der Waals surface area contributed by atoms with Crippen LogP contribution < -0.4 is 20.3 Å². The van der Waals surface area contributed by atoms with Gasteiger partial charge in [-0.2, -0.15) is 0 Å². The van der Waals surface area contributed by atoms with Gasteiger partial charge in [-0.1, -0.05) is 60.7 Å². The third-order valence-corrected chi connectivity index (χ3v) is 5.71. The van der Waals surface area contributed by atoms with E-state index in [1.165, 1.54) is 11.8 Å². The Morgan fingerprint density at radius 1 is 0.833 bits per heavy atom. The maximum absolute atomic E-state index is 12.9. The Kier molecular flexibility index (Phi) is 6.20. The molecule has 2 atom stereocenters. The zero-order valence-corrected chi connectivity index (χ0v) is 16.8. The van der Waals surface area contributed by atoms with Crippen molar-refractivity contribution in [3.63, 3.8) is 0 Å². The average Bonchev–Trinajstić information content (AvgIpc) is 2.81. The van der Waals surface area contributed by atoms with E-state index in [4.69, 9.17) is 9.47 Å². The van der Waals surface area contributed by atoms with Gasteiger partial charge in [0.05, 0.1) is 0 Å².